The quantitative estimate of drug-likeness (QED) is 0.507. The zero-order valence-electron chi connectivity index (χ0n) is 19.1. The van der Waals surface area contributed by atoms with Gasteiger partial charge in [0.05, 0.1) is 7.11 Å². The maximum Gasteiger partial charge on any atom is 0.165 e. The van der Waals surface area contributed by atoms with Gasteiger partial charge in [0.15, 0.2) is 5.78 Å². The summed E-state index contributed by atoms with van der Waals surface area (Å²) in [5.74, 6) is 0.205. The molecule has 0 fully saturated rings. The number of Topliss-reactive ketones (excluding diaryl/α,β-unsaturated/α-hetero) is 1. The van der Waals surface area contributed by atoms with Gasteiger partial charge in [0, 0.05) is 17.4 Å². The topological polar surface area (TPSA) is 46.5 Å². The fourth-order valence-electron chi connectivity index (χ4n) is 3.62. The van der Waals surface area contributed by atoms with Crippen LogP contribution in [-0.2, 0) is 9.53 Å². The molecular formula is C25H40O3. The van der Waals surface area contributed by atoms with Crippen LogP contribution in [0.15, 0.2) is 46.8 Å². The average Bonchev–Trinajstić information content (AvgIpc) is 2.59. The van der Waals surface area contributed by atoms with Crippen LogP contribution in [-0.4, -0.2) is 24.1 Å². The van der Waals surface area contributed by atoms with Gasteiger partial charge in [0.25, 0.3) is 0 Å². The number of rotatable bonds is 8. The number of ether oxygens (including phenoxy) is 1. The Morgan fingerprint density at radius 3 is 2.39 bits per heavy atom. The van der Waals surface area contributed by atoms with Gasteiger partial charge in [-0.15, -0.1) is 0 Å². The van der Waals surface area contributed by atoms with E-state index in [0.29, 0.717) is 17.8 Å². The Hall–Kier alpha value is -1.61. The van der Waals surface area contributed by atoms with E-state index >= 15 is 0 Å². The Morgan fingerprint density at radius 1 is 1.18 bits per heavy atom. The Morgan fingerprint density at radius 2 is 1.82 bits per heavy atom. The van der Waals surface area contributed by atoms with Crippen LogP contribution in [0.1, 0.15) is 74.1 Å². The molecule has 3 heteroatoms. The maximum absolute atomic E-state index is 12.4. The molecule has 0 amide bonds. The number of ketones is 1. The van der Waals surface area contributed by atoms with Gasteiger partial charge in [-0.3, -0.25) is 4.79 Å². The number of aliphatic hydroxyl groups excluding tert-OH is 1. The van der Waals surface area contributed by atoms with Crippen molar-refractivity contribution in [1.82, 2.24) is 0 Å². The monoisotopic (exact) mass is 388 g/mol. The molecule has 0 aliphatic heterocycles. The molecule has 28 heavy (non-hydrogen) atoms. The average molecular weight is 389 g/mol. The maximum atomic E-state index is 12.4. The van der Waals surface area contributed by atoms with Crippen LogP contribution >= 0.6 is 0 Å². The van der Waals surface area contributed by atoms with E-state index in [1.807, 2.05) is 6.92 Å². The predicted octanol–water partition coefficient (Wildman–Crippen LogP) is 6.16. The SMILES string of the molecule is COC1=C(C)C(=O)[C@H](C)[C@@H](C/C=C(\C)CC/C=C(\C)C/C=C/C(C)(C)C)[C@H]1O. The molecule has 0 aromatic heterocycles. The van der Waals surface area contributed by atoms with Crippen molar-refractivity contribution in [2.24, 2.45) is 17.3 Å². The van der Waals surface area contributed by atoms with Crippen molar-refractivity contribution in [2.45, 2.75) is 80.3 Å². The molecule has 0 heterocycles. The minimum absolute atomic E-state index is 0.0834. The number of carbonyl (C=O) groups is 1. The molecule has 1 rings (SSSR count). The normalized spacial score (nSPS) is 25.0. The summed E-state index contributed by atoms with van der Waals surface area (Å²) in [7, 11) is 1.52. The van der Waals surface area contributed by atoms with Gasteiger partial charge in [-0.25, -0.2) is 0 Å². The number of aliphatic hydroxyl groups is 1. The molecule has 0 bridgehead atoms. The lowest BCUT2D eigenvalue weighted by Gasteiger charge is -2.33. The van der Waals surface area contributed by atoms with Gasteiger partial charge < -0.3 is 9.84 Å². The van der Waals surface area contributed by atoms with Gasteiger partial charge in [0.1, 0.15) is 11.9 Å². The molecule has 0 saturated heterocycles. The highest BCUT2D eigenvalue weighted by Gasteiger charge is 2.39. The summed E-state index contributed by atoms with van der Waals surface area (Å²) >= 11 is 0. The number of hydrogen-bond acceptors (Lipinski definition) is 3. The largest absolute Gasteiger partial charge is 0.498 e. The summed E-state index contributed by atoms with van der Waals surface area (Å²) in [6.45, 7) is 14.6. The van der Waals surface area contributed by atoms with Crippen LogP contribution in [0.3, 0.4) is 0 Å². The molecule has 0 aromatic carbocycles. The molecule has 158 valence electrons. The molecule has 0 aromatic rings. The smallest absolute Gasteiger partial charge is 0.165 e. The molecular weight excluding hydrogens is 348 g/mol. The Kier molecular flexibility index (Phi) is 9.43. The Labute approximate surface area is 172 Å². The van der Waals surface area contributed by atoms with Crippen molar-refractivity contribution < 1.29 is 14.6 Å². The van der Waals surface area contributed by atoms with Crippen LogP contribution in [0.25, 0.3) is 0 Å². The van der Waals surface area contributed by atoms with Crippen molar-refractivity contribution in [3.63, 3.8) is 0 Å². The van der Waals surface area contributed by atoms with Crippen LogP contribution in [0.2, 0.25) is 0 Å². The molecule has 0 saturated carbocycles. The van der Waals surface area contributed by atoms with E-state index in [2.05, 4.69) is 58.9 Å². The third kappa shape index (κ3) is 7.43. The number of hydrogen-bond donors (Lipinski definition) is 1. The summed E-state index contributed by atoms with van der Waals surface area (Å²) in [5.41, 5.74) is 3.48. The highest BCUT2D eigenvalue weighted by Crippen LogP contribution is 2.35. The number of allylic oxidation sites excluding steroid dienone is 7. The first kappa shape index (κ1) is 24.4. The second kappa shape index (κ2) is 10.8. The van der Waals surface area contributed by atoms with Crippen molar-refractivity contribution >= 4 is 5.78 Å². The van der Waals surface area contributed by atoms with E-state index in [1.54, 1.807) is 6.92 Å². The van der Waals surface area contributed by atoms with Gasteiger partial charge in [-0.1, -0.05) is 63.1 Å². The Balaban J connectivity index is 2.60. The van der Waals surface area contributed by atoms with Gasteiger partial charge >= 0.3 is 0 Å². The van der Waals surface area contributed by atoms with Crippen molar-refractivity contribution in [3.8, 4) is 0 Å². The fourth-order valence-corrected chi connectivity index (χ4v) is 3.62. The first-order valence-corrected chi connectivity index (χ1v) is 10.4. The number of methoxy groups -OCH3 is 1. The van der Waals surface area contributed by atoms with Crippen molar-refractivity contribution in [1.29, 1.82) is 0 Å². The summed E-state index contributed by atoms with van der Waals surface area (Å²) in [6.07, 6.45) is 12.0. The van der Waals surface area contributed by atoms with Gasteiger partial charge in [-0.2, -0.15) is 0 Å². The first-order chi connectivity index (χ1) is 13.0. The lowest BCUT2D eigenvalue weighted by atomic mass is 9.75. The highest BCUT2D eigenvalue weighted by atomic mass is 16.5. The summed E-state index contributed by atoms with van der Waals surface area (Å²) in [4.78, 5) is 12.4. The van der Waals surface area contributed by atoms with Crippen LogP contribution in [0, 0.1) is 17.3 Å². The van der Waals surface area contributed by atoms with E-state index in [0.717, 1.165) is 19.3 Å². The molecule has 0 unspecified atom stereocenters. The molecule has 0 spiro atoms. The lowest BCUT2D eigenvalue weighted by Crippen LogP contribution is -2.39. The zero-order chi connectivity index (χ0) is 21.5. The molecule has 1 aliphatic carbocycles. The van der Waals surface area contributed by atoms with E-state index in [9.17, 15) is 9.90 Å². The fraction of sp³-hybridized carbons (Fsp3) is 0.640. The summed E-state index contributed by atoms with van der Waals surface area (Å²) in [6, 6.07) is 0. The standard InChI is InChI=1S/C25H40O3/c1-17(13-10-16-25(5,6)7)11-9-12-18(2)14-15-21-19(3)22(26)20(4)24(28-8)23(21)27/h10-11,14,16,19,21,23,27H,9,12-13,15H2,1-8H3/b16-10+,17-11+,18-14+/t19-,21-,23-/m1/s1. The molecule has 3 atom stereocenters. The minimum atomic E-state index is -0.710. The van der Waals surface area contributed by atoms with E-state index in [1.165, 1.54) is 18.3 Å². The second-order valence-corrected chi connectivity index (χ2v) is 9.30. The third-order valence-electron chi connectivity index (χ3n) is 5.52. The summed E-state index contributed by atoms with van der Waals surface area (Å²) < 4.78 is 5.29. The first-order valence-electron chi connectivity index (χ1n) is 10.4. The van der Waals surface area contributed by atoms with E-state index < -0.39 is 6.10 Å². The highest BCUT2D eigenvalue weighted by molar-refractivity contribution is 5.98. The number of carbonyl (C=O) groups excluding carboxylic acids is 1. The van der Waals surface area contributed by atoms with E-state index in [-0.39, 0.29) is 23.0 Å². The summed E-state index contributed by atoms with van der Waals surface area (Å²) in [5, 5.41) is 10.6. The molecule has 3 nitrogen and oxygen atoms in total. The van der Waals surface area contributed by atoms with Crippen LogP contribution in [0.5, 0.6) is 0 Å². The predicted molar refractivity (Wildman–Crippen MR) is 118 cm³/mol. The van der Waals surface area contributed by atoms with Crippen LogP contribution in [0.4, 0.5) is 0 Å². The zero-order valence-corrected chi connectivity index (χ0v) is 19.1. The molecule has 0 radical (unpaired) electrons. The lowest BCUT2D eigenvalue weighted by molar-refractivity contribution is -0.124. The Bertz CT molecular complexity index is 656. The minimum Gasteiger partial charge on any atom is -0.498 e. The molecule has 1 N–H and O–H groups in total. The van der Waals surface area contributed by atoms with Crippen molar-refractivity contribution in [2.75, 3.05) is 7.11 Å². The van der Waals surface area contributed by atoms with Gasteiger partial charge in [-0.05, 0) is 51.9 Å². The molecule has 1 aliphatic rings. The van der Waals surface area contributed by atoms with E-state index in [4.69, 9.17) is 4.74 Å². The van der Waals surface area contributed by atoms with Crippen molar-refractivity contribution in [3.05, 3.63) is 46.8 Å². The van der Waals surface area contributed by atoms with Gasteiger partial charge in [0.2, 0.25) is 0 Å². The second-order valence-electron chi connectivity index (χ2n) is 9.30. The van der Waals surface area contributed by atoms with Crippen LogP contribution < -0.4 is 0 Å². The third-order valence-corrected chi connectivity index (χ3v) is 5.52.